The Hall–Kier alpha value is -4.20. The number of hydrogen-bond donors (Lipinski definition) is 0. The number of thiophene rings is 6. The van der Waals surface area contributed by atoms with Crippen molar-refractivity contribution in [2.24, 2.45) is 0 Å². The van der Waals surface area contributed by atoms with E-state index in [2.05, 4.69) is 0 Å². The SMILES string of the molecule is c1sc2c(c1-c1sc3c(c1-c1sc4c(c1-c1c(-c5c(-c6csc7c6OCO7)sc6c5OCO6)sc5c1OCO5)OCO4)OCO3)OCO2. The Labute approximate surface area is 292 Å². The molecule has 0 spiro atoms. The minimum absolute atomic E-state index is 0.0966. The summed E-state index contributed by atoms with van der Waals surface area (Å²) in [7, 11) is 0. The van der Waals surface area contributed by atoms with Crippen molar-refractivity contribution in [1.29, 1.82) is 0 Å². The topological polar surface area (TPSA) is 111 Å². The van der Waals surface area contributed by atoms with Crippen molar-refractivity contribution in [2.45, 2.75) is 0 Å². The van der Waals surface area contributed by atoms with Crippen LogP contribution in [0.2, 0.25) is 0 Å². The maximum Gasteiger partial charge on any atom is 0.232 e. The lowest BCUT2D eigenvalue weighted by atomic mass is 9.97. The number of ether oxygens (including phenoxy) is 12. The van der Waals surface area contributed by atoms with E-state index >= 15 is 0 Å². The summed E-state index contributed by atoms with van der Waals surface area (Å²) >= 11 is 8.97. The molecule has 0 radical (unpaired) electrons. The Balaban J connectivity index is 1.14. The van der Waals surface area contributed by atoms with E-state index in [-0.39, 0.29) is 40.8 Å². The van der Waals surface area contributed by atoms with Crippen molar-refractivity contribution in [2.75, 3.05) is 40.8 Å². The zero-order valence-corrected chi connectivity index (χ0v) is 28.6. The third-order valence-electron chi connectivity index (χ3n) is 8.32. The summed E-state index contributed by atoms with van der Waals surface area (Å²) in [6, 6.07) is 0. The van der Waals surface area contributed by atoms with Crippen molar-refractivity contribution in [3.05, 3.63) is 10.8 Å². The van der Waals surface area contributed by atoms with Crippen LogP contribution in [-0.2, 0) is 0 Å². The number of rotatable bonds is 5. The molecular formula is C30H14O12S6. The summed E-state index contributed by atoms with van der Waals surface area (Å²) in [6.45, 7) is 0.788. The Morgan fingerprint density at radius 2 is 0.625 bits per heavy atom. The molecule has 242 valence electrons. The lowest BCUT2D eigenvalue weighted by Gasteiger charge is -2.13. The predicted octanol–water partition coefficient (Wildman–Crippen LogP) is 8.76. The van der Waals surface area contributed by atoms with Gasteiger partial charge in [0, 0.05) is 21.9 Å². The molecule has 48 heavy (non-hydrogen) atoms. The molecule has 0 aromatic carbocycles. The molecule has 6 aliphatic heterocycles. The van der Waals surface area contributed by atoms with E-state index in [9.17, 15) is 0 Å². The first-order valence-electron chi connectivity index (χ1n) is 14.3. The molecule has 0 N–H and O–H groups in total. The Kier molecular flexibility index (Phi) is 5.40. The smallest absolute Gasteiger partial charge is 0.232 e. The molecule has 6 aliphatic rings. The van der Waals surface area contributed by atoms with Crippen molar-refractivity contribution in [3.63, 3.8) is 0 Å². The van der Waals surface area contributed by atoms with Crippen molar-refractivity contribution in [1.82, 2.24) is 0 Å². The van der Waals surface area contributed by atoms with Crippen LogP contribution in [0.4, 0.5) is 0 Å². The summed E-state index contributed by atoms with van der Waals surface area (Å²) in [5.74, 6) is 3.95. The lowest BCUT2D eigenvalue weighted by molar-refractivity contribution is 0.174. The van der Waals surface area contributed by atoms with Gasteiger partial charge in [-0.1, -0.05) is 45.3 Å². The lowest BCUT2D eigenvalue weighted by Crippen LogP contribution is -1.99. The first-order chi connectivity index (χ1) is 23.8. The molecule has 6 aromatic rings. The highest BCUT2D eigenvalue weighted by Crippen LogP contribution is 2.69. The molecule has 12 heterocycles. The zero-order chi connectivity index (χ0) is 31.1. The third kappa shape index (κ3) is 3.46. The quantitative estimate of drug-likeness (QED) is 0.168. The Morgan fingerprint density at radius 3 is 1.02 bits per heavy atom. The molecule has 6 aromatic heterocycles. The van der Waals surface area contributed by atoms with E-state index in [1.165, 1.54) is 68.0 Å². The van der Waals surface area contributed by atoms with Crippen molar-refractivity contribution in [3.8, 4) is 118 Å². The Morgan fingerprint density at radius 1 is 0.312 bits per heavy atom. The van der Waals surface area contributed by atoms with E-state index in [0.717, 1.165) is 63.0 Å². The highest BCUT2D eigenvalue weighted by Gasteiger charge is 2.42. The fourth-order valence-electron chi connectivity index (χ4n) is 6.38. The molecule has 0 saturated heterocycles. The largest absolute Gasteiger partial charge is 0.452 e. The number of hydrogen-bond acceptors (Lipinski definition) is 18. The van der Waals surface area contributed by atoms with E-state index < -0.39 is 0 Å². The molecule has 0 aliphatic carbocycles. The van der Waals surface area contributed by atoms with Gasteiger partial charge in [-0.15, -0.1) is 22.7 Å². The molecule has 0 amide bonds. The van der Waals surface area contributed by atoms with Gasteiger partial charge in [0.1, 0.15) is 0 Å². The average Bonchev–Trinajstić information content (AvgIpc) is 3.90. The van der Waals surface area contributed by atoms with Crippen molar-refractivity contribution >= 4 is 68.0 Å². The van der Waals surface area contributed by atoms with Crippen LogP contribution in [0.25, 0.3) is 52.9 Å². The van der Waals surface area contributed by atoms with Crippen LogP contribution in [0.5, 0.6) is 64.9 Å². The van der Waals surface area contributed by atoms with E-state index in [4.69, 9.17) is 56.8 Å². The molecule has 0 fully saturated rings. The van der Waals surface area contributed by atoms with Gasteiger partial charge in [0.05, 0.1) is 41.8 Å². The van der Waals surface area contributed by atoms with Gasteiger partial charge >= 0.3 is 0 Å². The molecule has 12 nitrogen and oxygen atoms in total. The average molecular weight is 759 g/mol. The molecule has 18 heteroatoms. The van der Waals surface area contributed by atoms with Gasteiger partial charge in [0.25, 0.3) is 0 Å². The van der Waals surface area contributed by atoms with Gasteiger partial charge in [-0.05, 0) is 0 Å². The molecule has 0 bridgehead atoms. The highest BCUT2D eigenvalue weighted by molar-refractivity contribution is 7.23. The minimum Gasteiger partial charge on any atom is -0.452 e. The maximum absolute atomic E-state index is 6.24. The van der Waals surface area contributed by atoms with Crippen LogP contribution >= 0.6 is 68.0 Å². The standard InChI is InChI=1S/C30H14O12S6/c1-9(15-25(43-1)37-3-31-15)21-13(19-29(45-21)41-7-35-19)23-11(17-27(47-23)39-5-33-17)12-18-28(40-6-34-18)48-24(12)14-20-30(42-8-36-20)46-22(14)10-2-44-26-16(10)32-4-38-26/h1-2H,3-8H2. The summed E-state index contributed by atoms with van der Waals surface area (Å²) in [6.07, 6.45) is 0. The molecule has 0 unspecified atom stereocenters. The monoisotopic (exact) mass is 758 g/mol. The van der Waals surface area contributed by atoms with Gasteiger partial charge in [0.15, 0.2) is 34.5 Å². The van der Waals surface area contributed by atoms with Crippen LogP contribution in [0.15, 0.2) is 10.8 Å². The van der Waals surface area contributed by atoms with Crippen LogP contribution in [0, 0.1) is 0 Å². The molecular weight excluding hydrogens is 745 g/mol. The minimum atomic E-state index is 0.0966. The normalized spacial score (nSPS) is 16.6. The summed E-state index contributed by atoms with van der Waals surface area (Å²) in [5, 5.41) is 8.24. The number of fused-ring (bicyclic) bond motifs is 6. The fraction of sp³-hybridized carbons (Fsp3) is 0.200. The van der Waals surface area contributed by atoms with E-state index in [1.54, 1.807) is 0 Å². The summed E-state index contributed by atoms with van der Waals surface area (Å²) in [4.78, 5) is 3.59. The second kappa shape index (κ2) is 9.70. The fourth-order valence-corrected chi connectivity index (χ4v) is 12.8. The van der Waals surface area contributed by atoms with Crippen LogP contribution < -0.4 is 56.8 Å². The van der Waals surface area contributed by atoms with Gasteiger partial charge in [0.2, 0.25) is 71.1 Å². The third-order valence-corrected chi connectivity index (χ3v) is 14.5. The first kappa shape index (κ1) is 26.7. The Bertz CT molecular complexity index is 2190. The van der Waals surface area contributed by atoms with Gasteiger partial charge in [-0.3, -0.25) is 0 Å². The highest BCUT2D eigenvalue weighted by atomic mass is 32.1. The molecule has 0 saturated carbocycles. The van der Waals surface area contributed by atoms with E-state index in [1.807, 2.05) is 10.8 Å². The van der Waals surface area contributed by atoms with Crippen molar-refractivity contribution < 1.29 is 56.8 Å². The van der Waals surface area contributed by atoms with Gasteiger partial charge < -0.3 is 56.8 Å². The molecule has 0 atom stereocenters. The van der Waals surface area contributed by atoms with Crippen LogP contribution in [-0.4, -0.2) is 40.8 Å². The van der Waals surface area contributed by atoms with Crippen LogP contribution in [0.1, 0.15) is 0 Å². The van der Waals surface area contributed by atoms with Gasteiger partial charge in [-0.25, -0.2) is 0 Å². The first-order valence-corrected chi connectivity index (χ1v) is 19.3. The zero-order valence-electron chi connectivity index (χ0n) is 23.7. The van der Waals surface area contributed by atoms with E-state index in [0.29, 0.717) is 54.7 Å². The summed E-state index contributed by atoms with van der Waals surface area (Å²) < 4.78 is 72.0. The second-order valence-corrected chi connectivity index (χ2v) is 16.3. The van der Waals surface area contributed by atoms with Gasteiger partial charge in [-0.2, -0.15) is 0 Å². The van der Waals surface area contributed by atoms with Crippen LogP contribution in [0.3, 0.4) is 0 Å². The second-order valence-electron chi connectivity index (χ2n) is 10.7. The molecule has 12 rings (SSSR count). The summed E-state index contributed by atoms with van der Waals surface area (Å²) in [5.41, 5.74) is 5.11. The maximum atomic E-state index is 6.24. The predicted molar refractivity (Wildman–Crippen MR) is 178 cm³/mol.